The van der Waals surface area contributed by atoms with Gasteiger partial charge in [-0.2, -0.15) is 0 Å². The SMILES string of the molecule is CC=CC(O)CCCCCC(O)C=CC. The molecule has 0 heterocycles. The third-order valence-electron chi connectivity index (χ3n) is 2.33. The minimum atomic E-state index is -0.296. The molecule has 0 saturated heterocycles. The Labute approximate surface area is 93.3 Å². The Morgan fingerprint density at radius 1 is 0.800 bits per heavy atom. The van der Waals surface area contributed by atoms with E-state index in [-0.39, 0.29) is 12.2 Å². The van der Waals surface area contributed by atoms with Crippen molar-refractivity contribution in [3.05, 3.63) is 24.3 Å². The van der Waals surface area contributed by atoms with E-state index in [1.54, 1.807) is 0 Å². The molecule has 0 aromatic carbocycles. The number of allylic oxidation sites excluding steroid dienone is 2. The van der Waals surface area contributed by atoms with Crippen LogP contribution in [0.3, 0.4) is 0 Å². The van der Waals surface area contributed by atoms with Crippen molar-refractivity contribution in [3.63, 3.8) is 0 Å². The van der Waals surface area contributed by atoms with Crippen LogP contribution < -0.4 is 0 Å². The lowest BCUT2D eigenvalue weighted by molar-refractivity contribution is 0.198. The van der Waals surface area contributed by atoms with Crippen LogP contribution in [0.4, 0.5) is 0 Å². The van der Waals surface area contributed by atoms with Gasteiger partial charge < -0.3 is 10.2 Å². The van der Waals surface area contributed by atoms with Gasteiger partial charge in [0.2, 0.25) is 0 Å². The van der Waals surface area contributed by atoms with Crippen LogP contribution in [0.25, 0.3) is 0 Å². The maximum Gasteiger partial charge on any atom is 0.0720 e. The topological polar surface area (TPSA) is 40.5 Å². The van der Waals surface area contributed by atoms with Crippen molar-refractivity contribution in [1.29, 1.82) is 0 Å². The van der Waals surface area contributed by atoms with Crippen molar-refractivity contribution >= 4 is 0 Å². The zero-order valence-electron chi connectivity index (χ0n) is 9.89. The quantitative estimate of drug-likeness (QED) is 0.480. The molecule has 0 aliphatic rings. The minimum Gasteiger partial charge on any atom is -0.389 e. The second-order valence-electron chi connectivity index (χ2n) is 3.82. The van der Waals surface area contributed by atoms with Crippen molar-refractivity contribution in [2.75, 3.05) is 0 Å². The highest BCUT2D eigenvalue weighted by Gasteiger charge is 2.00. The normalized spacial score (nSPS) is 16.3. The molecule has 0 radical (unpaired) electrons. The van der Waals surface area contributed by atoms with E-state index < -0.39 is 0 Å². The molecule has 2 N–H and O–H groups in total. The van der Waals surface area contributed by atoms with Gasteiger partial charge in [-0.25, -0.2) is 0 Å². The Balaban J connectivity index is 3.31. The number of aliphatic hydroxyl groups is 2. The average molecular weight is 212 g/mol. The summed E-state index contributed by atoms with van der Waals surface area (Å²) in [5.41, 5.74) is 0. The molecule has 2 unspecified atom stereocenters. The van der Waals surface area contributed by atoms with Crippen molar-refractivity contribution in [2.45, 2.75) is 58.2 Å². The monoisotopic (exact) mass is 212 g/mol. The van der Waals surface area contributed by atoms with Crippen LogP contribution in [-0.2, 0) is 0 Å². The van der Waals surface area contributed by atoms with Gasteiger partial charge in [0.25, 0.3) is 0 Å². The number of aliphatic hydroxyl groups excluding tert-OH is 2. The molecule has 0 aromatic rings. The van der Waals surface area contributed by atoms with Gasteiger partial charge in [-0.05, 0) is 26.7 Å². The smallest absolute Gasteiger partial charge is 0.0720 e. The fourth-order valence-corrected chi connectivity index (χ4v) is 1.52. The standard InChI is InChI=1S/C13H24O2/c1-3-8-12(14)10-6-5-7-11-13(15)9-4-2/h3-4,8-9,12-15H,5-7,10-11H2,1-2H3. The number of hydrogen-bond donors (Lipinski definition) is 2. The van der Waals surface area contributed by atoms with E-state index in [4.69, 9.17) is 0 Å². The summed E-state index contributed by atoms with van der Waals surface area (Å²) in [4.78, 5) is 0. The summed E-state index contributed by atoms with van der Waals surface area (Å²) >= 11 is 0. The molecule has 88 valence electrons. The van der Waals surface area contributed by atoms with E-state index in [9.17, 15) is 10.2 Å². The Kier molecular flexibility index (Phi) is 9.54. The number of rotatable bonds is 8. The molecule has 0 rings (SSSR count). The fourth-order valence-electron chi connectivity index (χ4n) is 1.52. The first-order valence-electron chi connectivity index (χ1n) is 5.82. The molecule has 0 aliphatic heterocycles. The lowest BCUT2D eigenvalue weighted by Gasteiger charge is -2.06. The third-order valence-corrected chi connectivity index (χ3v) is 2.33. The Morgan fingerprint density at radius 2 is 1.20 bits per heavy atom. The van der Waals surface area contributed by atoms with Gasteiger partial charge in [-0.1, -0.05) is 43.6 Å². The van der Waals surface area contributed by atoms with Crippen molar-refractivity contribution in [1.82, 2.24) is 0 Å². The Hall–Kier alpha value is -0.600. The van der Waals surface area contributed by atoms with E-state index in [1.807, 2.05) is 38.2 Å². The summed E-state index contributed by atoms with van der Waals surface area (Å²) in [5.74, 6) is 0. The third kappa shape index (κ3) is 9.70. The van der Waals surface area contributed by atoms with Gasteiger partial charge in [0.15, 0.2) is 0 Å². The van der Waals surface area contributed by atoms with E-state index in [2.05, 4.69) is 0 Å². The fraction of sp³-hybridized carbons (Fsp3) is 0.692. The maximum absolute atomic E-state index is 9.39. The van der Waals surface area contributed by atoms with Crippen LogP contribution in [0, 0.1) is 0 Å². The minimum absolute atomic E-state index is 0.296. The van der Waals surface area contributed by atoms with Crippen molar-refractivity contribution in [3.8, 4) is 0 Å². The molecule has 0 aliphatic carbocycles. The molecule has 0 spiro atoms. The zero-order valence-corrected chi connectivity index (χ0v) is 9.89. The first-order chi connectivity index (χ1) is 7.20. The van der Waals surface area contributed by atoms with Crippen LogP contribution in [0.5, 0.6) is 0 Å². The molecule has 2 atom stereocenters. The van der Waals surface area contributed by atoms with Crippen LogP contribution in [0.15, 0.2) is 24.3 Å². The highest BCUT2D eigenvalue weighted by molar-refractivity contribution is 4.86. The summed E-state index contributed by atoms with van der Waals surface area (Å²) in [7, 11) is 0. The molecule has 0 aromatic heterocycles. The predicted molar refractivity (Wildman–Crippen MR) is 64.7 cm³/mol. The Bertz CT molecular complexity index is 165. The summed E-state index contributed by atoms with van der Waals surface area (Å²) in [6, 6.07) is 0. The van der Waals surface area contributed by atoms with Crippen LogP contribution in [0.1, 0.15) is 46.0 Å². The molecule has 0 amide bonds. The highest BCUT2D eigenvalue weighted by atomic mass is 16.3. The van der Waals surface area contributed by atoms with Gasteiger partial charge in [0.1, 0.15) is 0 Å². The van der Waals surface area contributed by atoms with Crippen molar-refractivity contribution < 1.29 is 10.2 Å². The maximum atomic E-state index is 9.39. The van der Waals surface area contributed by atoms with Gasteiger partial charge in [-0.15, -0.1) is 0 Å². The molecule has 0 saturated carbocycles. The largest absolute Gasteiger partial charge is 0.389 e. The van der Waals surface area contributed by atoms with Crippen LogP contribution in [0.2, 0.25) is 0 Å². The van der Waals surface area contributed by atoms with Gasteiger partial charge in [0, 0.05) is 0 Å². The molecule has 0 bridgehead atoms. The Morgan fingerprint density at radius 3 is 1.53 bits per heavy atom. The lowest BCUT2D eigenvalue weighted by Crippen LogP contribution is -2.03. The molecule has 2 heteroatoms. The van der Waals surface area contributed by atoms with Gasteiger partial charge >= 0.3 is 0 Å². The van der Waals surface area contributed by atoms with Crippen LogP contribution >= 0.6 is 0 Å². The van der Waals surface area contributed by atoms with E-state index in [1.165, 1.54) is 0 Å². The summed E-state index contributed by atoms with van der Waals surface area (Å²) in [6.45, 7) is 3.83. The second kappa shape index (κ2) is 9.94. The number of unbranched alkanes of at least 4 members (excludes halogenated alkanes) is 2. The van der Waals surface area contributed by atoms with E-state index >= 15 is 0 Å². The molecule has 0 fully saturated rings. The first kappa shape index (κ1) is 14.4. The molecular formula is C13H24O2. The van der Waals surface area contributed by atoms with Crippen molar-refractivity contribution in [2.24, 2.45) is 0 Å². The highest BCUT2D eigenvalue weighted by Crippen LogP contribution is 2.09. The van der Waals surface area contributed by atoms with E-state index in [0.29, 0.717) is 0 Å². The van der Waals surface area contributed by atoms with Crippen LogP contribution in [-0.4, -0.2) is 22.4 Å². The molecular weight excluding hydrogens is 188 g/mol. The number of hydrogen-bond acceptors (Lipinski definition) is 2. The second-order valence-corrected chi connectivity index (χ2v) is 3.82. The molecule has 2 nitrogen and oxygen atoms in total. The van der Waals surface area contributed by atoms with E-state index in [0.717, 1.165) is 32.1 Å². The summed E-state index contributed by atoms with van der Waals surface area (Å²) < 4.78 is 0. The lowest BCUT2D eigenvalue weighted by atomic mass is 10.1. The summed E-state index contributed by atoms with van der Waals surface area (Å²) in [6.07, 6.45) is 11.6. The zero-order chi connectivity index (χ0) is 11.5. The first-order valence-corrected chi connectivity index (χ1v) is 5.82. The predicted octanol–water partition coefficient (Wildman–Crippen LogP) is 2.81. The molecule has 15 heavy (non-hydrogen) atoms. The van der Waals surface area contributed by atoms with Gasteiger partial charge in [0.05, 0.1) is 12.2 Å². The van der Waals surface area contributed by atoms with Gasteiger partial charge in [-0.3, -0.25) is 0 Å². The average Bonchev–Trinajstić information content (AvgIpc) is 2.18. The summed E-state index contributed by atoms with van der Waals surface area (Å²) in [5, 5.41) is 18.8.